The summed E-state index contributed by atoms with van der Waals surface area (Å²) in [4.78, 5) is 10.7. The third-order valence-electron chi connectivity index (χ3n) is 3.19. The Balaban J connectivity index is 2.78. The summed E-state index contributed by atoms with van der Waals surface area (Å²) in [6.45, 7) is 9.93. The van der Waals surface area contributed by atoms with Gasteiger partial charge in [0.25, 0.3) is 0 Å². The molecule has 0 bridgehead atoms. The van der Waals surface area contributed by atoms with Crippen molar-refractivity contribution in [1.29, 1.82) is 0 Å². The molecule has 0 spiro atoms. The van der Waals surface area contributed by atoms with E-state index >= 15 is 0 Å². The lowest BCUT2D eigenvalue weighted by Gasteiger charge is -2.20. The van der Waals surface area contributed by atoms with Gasteiger partial charge in [-0.25, -0.2) is 0 Å². The number of aliphatic carboxylic acids is 1. The van der Waals surface area contributed by atoms with Crippen LogP contribution in [0, 0.1) is 5.41 Å². The van der Waals surface area contributed by atoms with E-state index in [-0.39, 0.29) is 17.3 Å². The van der Waals surface area contributed by atoms with Crippen LogP contribution in [0.15, 0.2) is 4.42 Å². The van der Waals surface area contributed by atoms with Crippen molar-refractivity contribution in [2.45, 2.75) is 59.3 Å². The second kappa shape index (κ2) is 5.08. The molecular formula is C13H22N2O3. The summed E-state index contributed by atoms with van der Waals surface area (Å²) in [7, 11) is 0. The summed E-state index contributed by atoms with van der Waals surface area (Å²) in [5, 5.41) is 16.9. The lowest BCUT2D eigenvalue weighted by Crippen LogP contribution is -2.20. The van der Waals surface area contributed by atoms with E-state index in [0.29, 0.717) is 18.2 Å². The molecule has 0 saturated carbocycles. The fraction of sp³-hybridized carbons (Fsp3) is 0.769. The second-order valence-corrected chi connectivity index (χ2v) is 6.15. The van der Waals surface area contributed by atoms with E-state index in [2.05, 4.69) is 17.1 Å². The first kappa shape index (κ1) is 14.7. The molecule has 102 valence electrons. The predicted octanol–water partition coefficient (Wildman–Crippen LogP) is 2.80. The number of rotatable bonds is 6. The first-order valence-corrected chi connectivity index (χ1v) is 6.21. The van der Waals surface area contributed by atoms with Gasteiger partial charge in [-0.05, 0) is 11.8 Å². The predicted molar refractivity (Wildman–Crippen MR) is 67.4 cm³/mol. The molecule has 1 N–H and O–H groups in total. The van der Waals surface area contributed by atoms with E-state index in [0.717, 1.165) is 6.42 Å². The van der Waals surface area contributed by atoms with Crippen molar-refractivity contribution in [1.82, 2.24) is 10.2 Å². The van der Waals surface area contributed by atoms with Crippen LogP contribution in [0.4, 0.5) is 0 Å². The topological polar surface area (TPSA) is 76.2 Å². The molecule has 1 aromatic rings. The van der Waals surface area contributed by atoms with Crippen LogP contribution in [-0.2, 0) is 16.6 Å². The Morgan fingerprint density at radius 1 is 1.28 bits per heavy atom. The van der Waals surface area contributed by atoms with Crippen molar-refractivity contribution in [3.05, 3.63) is 11.8 Å². The average Bonchev–Trinajstić information content (AvgIpc) is 2.63. The highest BCUT2D eigenvalue weighted by Gasteiger charge is 2.28. The minimum Gasteiger partial charge on any atom is -0.481 e. The highest BCUT2D eigenvalue weighted by molar-refractivity contribution is 5.67. The molecule has 5 heteroatoms. The lowest BCUT2D eigenvalue weighted by atomic mass is 9.86. The molecule has 18 heavy (non-hydrogen) atoms. The Morgan fingerprint density at radius 2 is 1.89 bits per heavy atom. The largest absolute Gasteiger partial charge is 0.481 e. The van der Waals surface area contributed by atoms with Crippen LogP contribution < -0.4 is 0 Å². The number of hydrogen-bond donors (Lipinski definition) is 1. The van der Waals surface area contributed by atoms with Gasteiger partial charge in [-0.1, -0.05) is 34.6 Å². The minimum absolute atomic E-state index is 0.0852. The smallest absolute Gasteiger partial charge is 0.303 e. The molecule has 0 aromatic carbocycles. The van der Waals surface area contributed by atoms with Crippen molar-refractivity contribution in [2.24, 2.45) is 5.41 Å². The van der Waals surface area contributed by atoms with Crippen LogP contribution in [0.5, 0.6) is 0 Å². The third-order valence-corrected chi connectivity index (χ3v) is 3.19. The Hall–Kier alpha value is -1.39. The molecule has 0 amide bonds. The van der Waals surface area contributed by atoms with Gasteiger partial charge in [-0.2, -0.15) is 0 Å². The summed E-state index contributed by atoms with van der Waals surface area (Å²) >= 11 is 0. The van der Waals surface area contributed by atoms with Gasteiger partial charge in [0.05, 0.1) is 6.42 Å². The molecule has 0 fully saturated rings. The highest BCUT2D eigenvalue weighted by atomic mass is 16.4. The molecule has 1 heterocycles. The second-order valence-electron chi connectivity index (χ2n) is 6.15. The first-order chi connectivity index (χ1) is 8.16. The Labute approximate surface area is 108 Å². The summed E-state index contributed by atoms with van der Waals surface area (Å²) in [6.07, 6.45) is 1.47. The summed E-state index contributed by atoms with van der Waals surface area (Å²) in [5.74, 6) is 0.317. The molecule has 0 aliphatic heterocycles. The van der Waals surface area contributed by atoms with Crippen LogP contribution in [0.3, 0.4) is 0 Å². The molecule has 5 nitrogen and oxygen atoms in total. The van der Waals surface area contributed by atoms with Crippen LogP contribution in [0.25, 0.3) is 0 Å². The number of carboxylic acid groups (broad SMARTS) is 1. The number of hydrogen-bond acceptors (Lipinski definition) is 4. The van der Waals surface area contributed by atoms with Crippen molar-refractivity contribution in [3.63, 3.8) is 0 Å². The monoisotopic (exact) mass is 254 g/mol. The fourth-order valence-electron chi connectivity index (χ4n) is 1.63. The maximum Gasteiger partial charge on any atom is 0.303 e. The van der Waals surface area contributed by atoms with Gasteiger partial charge < -0.3 is 9.52 Å². The van der Waals surface area contributed by atoms with Crippen LogP contribution in [0.2, 0.25) is 0 Å². The van der Waals surface area contributed by atoms with Gasteiger partial charge in [-0.3, -0.25) is 4.79 Å². The summed E-state index contributed by atoms with van der Waals surface area (Å²) in [6, 6.07) is 0. The van der Waals surface area contributed by atoms with Crippen molar-refractivity contribution >= 4 is 5.97 Å². The summed E-state index contributed by atoms with van der Waals surface area (Å²) in [5.41, 5.74) is -0.520. The molecule has 0 aliphatic carbocycles. The Morgan fingerprint density at radius 3 is 2.39 bits per heavy atom. The molecule has 0 radical (unpaired) electrons. The van der Waals surface area contributed by atoms with Gasteiger partial charge in [0.15, 0.2) is 0 Å². The maximum atomic E-state index is 10.7. The lowest BCUT2D eigenvalue weighted by molar-refractivity contribution is -0.139. The van der Waals surface area contributed by atoms with Gasteiger partial charge >= 0.3 is 5.97 Å². The maximum absolute atomic E-state index is 10.7. The first-order valence-electron chi connectivity index (χ1n) is 6.21. The zero-order valence-electron chi connectivity index (χ0n) is 11.8. The van der Waals surface area contributed by atoms with E-state index in [9.17, 15) is 4.79 Å². The van der Waals surface area contributed by atoms with Gasteiger partial charge in [-0.15, -0.1) is 10.2 Å². The van der Waals surface area contributed by atoms with Crippen LogP contribution in [-0.4, -0.2) is 21.3 Å². The van der Waals surface area contributed by atoms with E-state index in [1.165, 1.54) is 0 Å². The van der Waals surface area contributed by atoms with Gasteiger partial charge in [0, 0.05) is 11.8 Å². The highest BCUT2D eigenvalue weighted by Crippen LogP contribution is 2.29. The van der Waals surface area contributed by atoms with E-state index in [1.54, 1.807) is 0 Å². The van der Waals surface area contributed by atoms with Crippen molar-refractivity contribution < 1.29 is 14.3 Å². The van der Waals surface area contributed by atoms with E-state index in [1.807, 2.05) is 27.7 Å². The number of aromatic nitrogens is 2. The number of carbonyl (C=O) groups is 1. The fourth-order valence-corrected chi connectivity index (χ4v) is 1.63. The normalized spacial score (nSPS) is 12.7. The van der Waals surface area contributed by atoms with Gasteiger partial charge in [0.1, 0.15) is 0 Å². The van der Waals surface area contributed by atoms with Crippen LogP contribution >= 0.6 is 0 Å². The molecular weight excluding hydrogens is 232 g/mol. The molecule has 1 rings (SSSR count). The Kier molecular flexibility index (Phi) is 4.14. The van der Waals surface area contributed by atoms with Crippen LogP contribution in [0.1, 0.15) is 59.2 Å². The summed E-state index contributed by atoms with van der Waals surface area (Å²) < 4.78 is 5.64. The van der Waals surface area contributed by atoms with E-state index in [4.69, 9.17) is 9.52 Å². The molecule has 0 saturated heterocycles. The number of carboxylic acids is 1. The minimum atomic E-state index is -0.811. The SMILES string of the molecule is CCC(C)(C)c1nnc(CC(C)(C)CC(=O)O)o1. The zero-order chi connectivity index (χ0) is 14.0. The van der Waals surface area contributed by atoms with Crippen molar-refractivity contribution in [2.75, 3.05) is 0 Å². The quantitative estimate of drug-likeness (QED) is 0.844. The molecule has 0 aliphatic rings. The van der Waals surface area contributed by atoms with Crippen molar-refractivity contribution in [3.8, 4) is 0 Å². The van der Waals surface area contributed by atoms with Gasteiger partial charge in [0.2, 0.25) is 11.8 Å². The molecule has 1 aromatic heterocycles. The number of nitrogens with zero attached hydrogens (tertiary/aromatic N) is 2. The standard InChI is InChI=1S/C13H22N2O3/c1-6-13(4,5)11-15-14-9(18-11)7-12(2,3)8-10(16)17/h6-8H2,1-5H3,(H,16,17). The molecule has 0 atom stereocenters. The van der Waals surface area contributed by atoms with E-state index < -0.39 is 5.97 Å². The average molecular weight is 254 g/mol. The molecule has 0 unspecified atom stereocenters. The zero-order valence-corrected chi connectivity index (χ0v) is 11.8. The Bertz CT molecular complexity index is 422. The third kappa shape index (κ3) is 3.82.